The summed E-state index contributed by atoms with van der Waals surface area (Å²) < 4.78 is 5.27. The number of nitrogens with one attached hydrogen (secondary N) is 2. The molecule has 1 fully saturated rings. The zero-order chi connectivity index (χ0) is 13.7. The maximum absolute atomic E-state index is 12.0. The average Bonchev–Trinajstić information content (AvgIpc) is 2.46. The molecule has 0 radical (unpaired) electrons. The van der Waals surface area contributed by atoms with E-state index in [-0.39, 0.29) is 11.6 Å². The predicted molar refractivity (Wildman–Crippen MR) is 72.9 cm³/mol. The molecule has 19 heavy (non-hydrogen) atoms. The molecule has 104 valence electrons. The lowest BCUT2D eigenvalue weighted by Crippen LogP contribution is -2.32. The third kappa shape index (κ3) is 3.79. The smallest absolute Gasteiger partial charge is 0.271 e. The molecule has 1 aromatic heterocycles. The van der Waals surface area contributed by atoms with Gasteiger partial charge in [0.15, 0.2) is 0 Å². The molecule has 1 amide bonds. The summed E-state index contributed by atoms with van der Waals surface area (Å²) in [5.74, 6) is 5.83. The van der Waals surface area contributed by atoms with E-state index >= 15 is 0 Å². The van der Waals surface area contributed by atoms with Crippen LogP contribution in [0.4, 0.5) is 5.82 Å². The summed E-state index contributed by atoms with van der Waals surface area (Å²) in [5, 5.41) is 3.16. The highest BCUT2D eigenvalue weighted by Crippen LogP contribution is 2.17. The minimum absolute atomic E-state index is 0.184. The molecule has 7 heteroatoms. The summed E-state index contributed by atoms with van der Waals surface area (Å²) in [4.78, 5) is 16.1. The number of hydrogen-bond donors (Lipinski definition) is 3. The van der Waals surface area contributed by atoms with Crippen LogP contribution >= 0.6 is 11.6 Å². The third-order valence-electron chi connectivity index (χ3n) is 3.10. The number of hydrogen-bond acceptors (Lipinski definition) is 5. The topological polar surface area (TPSA) is 89.3 Å². The number of nitrogen functional groups attached to an aromatic ring is 1. The molecule has 0 aliphatic carbocycles. The molecule has 0 atom stereocenters. The fourth-order valence-electron chi connectivity index (χ4n) is 1.95. The molecule has 0 saturated carbocycles. The molecule has 1 saturated heterocycles. The molecule has 0 bridgehead atoms. The van der Waals surface area contributed by atoms with E-state index in [9.17, 15) is 4.79 Å². The Morgan fingerprint density at radius 3 is 2.89 bits per heavy atom. The molecule has 0 unspecified atom stereocenters. The van der Waals surface area contributed by atoms with Crippen LogP contribution in [0.25, 0.3) is 0 Å². The number of nitrogens with zero attached hydrogens (tertiary/aromatic N) is 1. The Bertz CT molecular complexity index is 449. The van der Waals surface area contributed by atoms with Gasteiger partial charge >= 0.3 is 0 Å². The van der Waals surface area contributed by atoms with Crippen molar-refractivity contribution in [1.82, 2.24) is 10.3 Å². The number of pyridine rings is 1. The second kappa shape index (κ2) is 6.70. The van der Waals surface area contributed by atoms with Crippen LogP contribution in [0.3, 0.4) is 0 Å². The van der Waals surface area contributed by atoms with E-state index in [1.165, 1.54) is 0 Å². The third-order valence-corrected chi connectivity index (χ3v) is 3.41. The lowest BCUT2D eigenvalue weighted by atomic mass is 10.0. The van der Waals surface area contributed by atoms with Gasteiger partial charge in [0.05, 0.1) is 5.02 Å². The summed E-state index contributed by atoms with van der Waals surface area (Å²) in [7, 11) is 0. The lowest BCUT2D eigenvalue weighted by molar-refractivity contribution is 0.0642. The molecule has 2 rings (SSSR count). The van der Waals surface area contributed by atoms with Gasteiger partial charge in [-0.3, -0.25) is 4.79 Å². The summed E-state index contributed by atoms with van der Waals surface area (Å²) in [6, 6.07) is 3.20. The number of halogens is 1. The van der Waals surface area contributed by atoms with Gasteiger partial charge in [-0.25, -0.2) is 10.8 Å². The van der Waals surface area contributed by atoms with Crippen LogP contribution in [-0.2, 0) is 4.74 Å². The van der Waals surface area contributed by atoms with Crippen LogP contribution < -0.4 is 16.6 Å². The van der Waals surface area contributed by atoms with E-state index in [1.807, 2.05) is 0 Å². The van der Waals surface area contributed by atoms with E-state index in [4.69, 9.17) is 22.2 Å². The zero-order valence-electron chi connectivity index (χ0n) is 10.5. The second-order valence-corrected chi connectivity index (χ2v) is 4.84. The van der Waals surface area contributed by atoms with Crippen molar-refractivity contribution in [2.24, 2.45) is 11.8 Å². The Morgan fingerprint density at radius 1 is 1.47 bits per heavy atom. The SMILES string of the molecule is NNc1ccc(Cl)c(C(=O)NCC2CCOCC2)n1. The number of hydrazine groups is 1. The number of rotatable bonds is 4. The number of carbonyl (C=O) groups excluding carboxylic acids is 1. The number of carbonyl (C=O) groups is 1. The first-order valence-corrected chi connectivity index (χ1v) is 6.57. The number of aromatic nitrogens is 1. The normalized spacial score (nSPS) is 16.1. The molecule has 1 aliphatic heterocycles. The number of nitrogens with two attached hydrogens (primary N) is 1. The highest BCUT2D eigenvalue weighted by Gasteiger charge is 2.17. The molecular weight excluding hydrogens is 268 g/mol. The Morgan fingerprint density at radius 2 is 2.21 bits per heavy atom. The van der Waals surface area contributed by atoms with Gasteiger partial charge in [0.1, 0.15) is 11.5 Å². The summed E-state index contributed by atoms with van der Waals surface area (Å²) in [6.07, 6.45) is 1.93. The molecule has 1 aromatic rings. The van der Waals surface area contributed by atoms with Crippen LogP contribution in [0.15, 0.2) is 12.1 Å². The lowest BCUT2D eigenvalue weighted by Gasteiger charge is -2.22. The Balaban J connectivity index is 1.95. The first-order valence-electron chi connectivity index (χ1n) is 6.20. The van der Waals surface area contributed by atoms with Crippen molar-refractivity contribution in [1.29, 1.82) is 0 Å². The molecule has 2 heterocycles. The first kappa shape index (κ1) is 14.0. The zero-order valence-corrected chi connectivity index (χ0v) is 11.2. The minimum Gasteiger partial charge on any atom is -0.381 e. The van der Waals surface area contributed by atoms with Crippen LogP contribution in [0, 0.1) is 5.92 Å². The van der Waals surface area contributed by atoms with Crippen molar-refractivity contribution in [2.45, 2.75) is 12.8 Å². The van der Waals surface area contributed by atoms with Gasteiger partial charge in [-0.2, -0.15) is 0 Å². The summed E-state index contributed by atoms with van der Waals surface area (Å²) >= 11 is 5.96. The maximum atomic E-state index is 12.0. The molecular formula is C12H17ClN4O2. The van der Waals surface area contributed by atoms with E-state index in [2.05, 4.69) is 15.7 Å². The predicted octanol–water partition coefficient (Wildman–Crippen LogP) is 1.18. The van der Waals surface area contributed by atoms with Gasteiger partial charge in [0.2, 0.25) is 0 Å². The molecule has 0 aromatic carbocycles. The van der Waals surface area contributed by atoms with Gasteiger partial charge in [0.25, 0.3) is 5.91 Å². The summed E-state index contributed by atoms with van der Waals surface area (Å²) in [5.41, 5.74) is 2.57. The van der Waals surface area contributed by atoms with Crippen LogP contribution in [-0.4, -0.2) is 30.6 Å². The maximum Gasteiger partial charge on any atom is 0.271 e. The Hall–Kier alpha value is -1.37. The fraction of sp³-hybridized carbons (Fsp3) is 0.500. The van der Waals surface area contributed by atoms with Gasteiger partial charge in [-0.15, -0.1) is 0 Å². The molecule has 1 aliphatic rings. The second-order valence-electron chi connectivity index (χ2n) is 4.44. The van der Waals surface area contributed by atoms with E-state index in [1.54, 1.807) is 12.1 Å². The van der Waals surface area contributed by atoms with E-state index < -0.39 is 0 Å². The van der Waals surface area contributed by atoms with Gasteiger partial charge < -0.3 is 15.5 Å². The molecule has 4 N–H and O–H groups in total. The van der Waals surface area contributed by atoms with E-state index in [0.29, 0.717) is 23.3 Å². The molecule has 6 nitrogen and oxygen atoms in total. The van der Waals surface area contributed by atoms with Crippen LogP contribution in [0.1, 0.15) is 23.3 Å². The minimum atomic E-state index is -0.284. The standard InChI is InChI=1S/C12H17ClN4O2/c13-9-1-2-10(17-14)16-11(9)12(18)15-7-8-3-5-19-6-4-8/h1-2,8H,3-7,14H2,(H,15,18)(H,16,17). The Labute approximate surface area is 116 Å². The Kier molecular flexibility index (Phi) is 4.95. The van der Waals surface area contributed by atoms with Crippen LogP contribution in [0.5, 0.6) is 0 Å². The molecule has 0 spiro atoms. The number of ether oxygens (including phenoxy) is 1. The van der Waals surface area contributed by atoms with Crippen molar-refractivity contribution in [2.75, 3.05) is 25.2 Å². The van der Waals surface area contributed by atoms with Crippen molar-refractivity contribution in [3.8, 4) is 0 Å². The van der Waals surface area contributed by atoms with Gasteiger partial charge in [0, 0.05) is 19.8 Å². The van der Waals surface area contributed by atoms with Gasteiger partial charge in [-0.05, 0) is 30.9 Å². The van der Waals surface area contributed by atoms with E-state index in [0.717, 1.165) is 26.1 Å². The monoisotopic (exact) mass is 284 g/mol. The summed E-state index contributed by atoms with van der Waals surface area (Å²) in [6.45, 7) is 2.12. The van der Waals surface area contributed by atoms with Crippen molar-refractivity contribution in [3.63, 3.8) is 0 Å². The van der Waals surface area contributed by atoms with Crippen molar-refractivity contribution >= 4 is 23.3 Å². The van der Waals surface area contributed by atoms with Gasteiger partial charge in [-0.1, -0.05) is 11.6 Å². The highest BCUT2D eigenvalue weighted by atomic mass is 35.5. The van der Waals surface area contributed by atoms with Crippen molar-refractivity contribution in [3.05, 3.63) is 22.8 Å². The fourth-order valence-corrected chi connectivity index (χ4v) is 2.14. The largest absolute Gasteiger partial charge is 0.381 e. The van der Waals surface area contributed by atoms with Crippen LogP contribution in [0.2, 0.25) is 5.02 Å². The first-order chi connectivity index (χ1) is 9.20. The van der Waals surface area contributed by atoms with Crippen molar-refractivity contribution < 1.29 is 9.53 Å². The quantitative estimate of drug-likeness (QED) is 0.571. The highest BCUT2D eigenvalue weighted by molar-refractivity contribution is 6.33. The average molecular weight is 285 g/mol. The number of amides is 1. The number of anilines is 1.